The molecular weight excluding hydrogens is 236 g/mol. The van der Waals surface area contributed by atoms with Gasteiger partial charge in [-0.05, 0) is 44.4 Å². The zero-order valence-electron chi connectivity index (χ0n) is 12.4. The molecule has 0 bridgehead atoms. The summed E-state index contributed by atoms with van der Waals surface area (Å²) in [5.41, 5.74) is 2.60. The molecular formula is C16H26N2O. The Morgan fingerprint density at radius 2 is 2.21 bits per heavy atom. The van der Waals surface area contributed by atoms with Gasteiger partial charge >= 0.3 is 0 Å². The molecule has 0 heterocycles. The number of anilines is 1. The van der Waals surface area contributed by atoms with Gasteiger partial charge in [0.15, 0.2) is 0 Å². The Morgan fingerprint density at radius 3 is 2.79 bits per heavy atom. The van der Waals surface area contributed by atoms with Crippen molar-refractivity contribution < 1.29 is 4.74 Å². The molecule has 1 atom stereocenters. The third-order valence-corrected chi connectivity index (χ3v) is 3.69. The lowest BCUT2D eigenvalue weighted by atomic mass is 10.1. The summed E-state index contributed by atoms with van der Waals surface area (Å²) in [5, 5.41) is 3.62. The van der Waals surface area contributed by atoms with E-state index in [9.17, 15) is 0 Å². The van der Waals surface area contributed by atoms with Gasteiger partial charge in [-0.1, -0.05) is 12.1 Å². The molecule has 106 valence electrons. The Morgan fingerprint density at radius 1 is 1.42 bits per heavy atom. The average Bonchev–Trinajstić information content (AvgIpc) is 3.21. The Hall–Kier alpha value is -1.06. The summed E-state index contributed by atoms with van der Waals surface area (Å²) < 4.78 is 5.41. The molecule has 0 aliphatic heterocycles. The number of ether oxygens (including phenoxy) is 1. The van der Waals surface area contributed by atoms with Crippen LogP contribution in [0.3, 0.4) is 0 Å². The first-order chi connectivity index (χ1) is 9.24. The fourth-order valence-electron chi connectivity index (χ4n) is 2.50. The Kier molecular flexibility index (Phi) is 5.23. The van der Waals surface area contributed by atoms with Gasteiger partial charge in [0.2, 0.25) is 0 Å². The topological polar surface area (TPSA) is 24.5 Å². The lowest BCUT2D eigenvalue weighted by Crippen LogP contribution is -2.46. The van der Waals surface area contributed by atoms with Gasteiger partial charge in [-0.15, -0.1) is 0 Å². The van der Waals surface area contributed by atoms with Crippen molar-refractivity contribution in [2.24, 2.45) is 0 Å². The normalized spacial score (nSPS) is 16.4. The molecule has 1 fully saturated rings. The van der Waals surface area contributed by atoms with Gasteiger partial charge < -0.3 is 15.0 Å². The van der Waals surface area contributed by atoms with E-state index in [-0.39, 0.29) is 0 Å². The predicted molar refractivity (Wildman–Crippen MR) is 80.9 cm³/mol. The number of aryl methyl sites for hydroxylation is 1. The quantitative estimate of drug-likeness (QED) is 0.779. The van der Waals surface area contributed by atoms with Crippen molar-refractivity contribution in [1.29, 1.82) is 0 Å². The van der Waals surface area contributed by atoms with E-state index in [1.54, 1.807) is 7.11 Å². The smallest absolute Gasteiger partial charge is 0.0678 e. The first-order valence-electron chi connectivity index (χ1n) is 7.30. The van der Waals surface area contributed by atoms with E-state index >= 15 is 0 Å². The highest BCUT2D eigenvalue weighted by atomic mass is 16.5. The number of benzene rings is 1. The summed E-state index contributed by atoms with van der Waals surface area (Å²) in [6.07, 6.45) is 2.66. The van der Waals surface area contributed by atoms with Gasteiger partial charge in [0, 0.05) is 31.9 Å². The van der Waals surface area contributed by atoms with Crippen LogP contribution in [0.2, 0.25) is 0 Å². The maximum absolute atomic E-state index is 5.41. The van der Waals surface area contributed by atoms with Crippen molar-refractivity contribution in [2.75, 3.05) is 31.7 Å². The molecule has 1 aliphatic carbocycles. The second-order valence-corrected chi connectivity index (χ2v) is 5.42. The molecule has 3 nitrogen and oxygen atoms in total. The van der Waals surface area contributed by atoms with Crippen LogP contribution in [-0.2, 0) is 4.74 Å². The first kappa shape index (κ1) is 14.4. The van der Waals surface area contributed by atoms with Crippen LogP contribution in [0.4, 0.5) is 5.69 Å². The number of nitrogens with one attached hydrogen (secondary N) is 1. The Bertz CT molecular complexity index is 390. The second kappa shape index (κ2) is 6.92. The lowest BCUT2D eigenvalue weighted by molar-refractivity contribution is 0.175. The number of nitrogens with zero attached hydrogens (tertiary/aromatic N) is 1. The molecule has 1 aromatic carbocycles. The van der Waals surface area contributed by atoms with Crippen LogP contribution in [0, 0.1) is 6.92 Å². The van der Waals surface area contributed by atoms with Crippen LogP contribution in [0.5, 0.6) is 0 Å². The van der Waals surface area contributed by atoms with E-state index in [0.717, 1.165) is 25.7 Å². The minimum atomic E-state index is 0.400. The average molecular weight is 262 g/mol. The van der Waals surface area contributed by atoms with Crippen LogP contribution < -0.4 is 10.2 Å². The SMILES string of the molecule is CCN(c1cccc(C)c1)C(CNC1CC1)COC. The van der Waals surface area contributed by atoms with Gasteiger partial charge in [-0.3, -0.25) is 0 Å². The molecule has 1 aromatic rings. The highest BCUT2D eigenvalue weighted by molar-refractivity contribution is 5.49. The van der Waals surface area contributed by atoms with Crippen LogP contribution in [0.15, 0.2) is 24.3 Å². The standard InChI is InChI=1S/C16H26N2O/c1-4-18(15-7-5-6-13(2)10-15)16(12-19-3)11-17-14-8-9-14/h5-7,10,14,16-17H,4,8-9,11-12H2,1-3H3. The molecule has 0 aromatic heterocycles. The van der Waals surface area contributed by atoms with E-state index < -0.39 is 0 Å². The monoisotopic (exact) mass is 262 g/mol. The van der Waals surface area contributed by atoms with Gasteiger partial charge in [0.25, 0.3) is 0 Å². The summed E-state index contributed by atoms with van der Waals surface area (Å²) in [6.45, 7) is 7.12. The van der Waals surface area contributed by atoms with E-state index in [1.165, 1.54) is 24.1 Å². The van der Waals surface area contributed by atoms with Crippen molar-refractivity contribution in [2.45, 2.75) is 38.8 Å². The van der Waals surface area contributed by atoms with Crippen molar-refractivity contribution in [3.05, 3.63) is 29.8 Å². The van der Waals surface area contributed by atoms with E-state index in [4.69, 9.17) is 4.74 Å². The van der Waals surface area contributed by atoms with Crippen molar-refractivity contribution in [1.82, 2.24) is 5.32 Å². The van der Waals surface area contributed by atoms with Crippen LogP contribution in [-0.4, -0.2) is 38.9 Å². The number of likely N-dealkylation sites (N-methyl/N-ethyl adjacent to an activating group) is 1. The maximum Gasteiger partial charge on any atom is 0.0678 e. The van der Waals surface area contributed by atoms with Gasteiger partial charge in [0.05, 0.1) is 12.6 Å². The largest absolute Gasteiger partial charge is 0.383 e. The lowest BCUT2D eigenvalue weighted by Gasteiger charge is -2.33. The molecule has 0 saturated heterocycles. The third-order valence-electron chi connectivity index (χ3n) is 3.69. The molecule has 1 N–H and O–H groups in total. The maximum atomic E-state index is 5.41. The third kappa shape index (κ3) is 4.22. The molecule has 0 amide bonds. The molecule has 2 rings (SSSR count). The molecule has 0 spiro atoms. The van der Waals surface area contributed by atoms with Crippen molar-refractivity contribution in [3.63, 3.8) is 0 Å². The molecule has 0 radical (unpaired) electrons. The fraction of sp³-hybridized carbons (Fsp3) is 0.625. The van der Waals surface area contributed by atoms with E-state index in [2.05, 4.69) is 48.3 Å². The molecule has 1 unspecified atom stereocenters. The van der Waals surface area contributed by atoms with Gasteiger partial charge in [-0.25, -0.2) is 0 Å². The number of rotatable bonds is 8. The van der Waals surface area contributed by atoms with Crippen molar-refractivity contribution in [3.8, 4) is 0 Å². The second-order valence-electron chi connectivity index (χ2n) is 5.42. The van der Waals surface area contributed by atoms with E-state index in [0.29, 0.717) is 6.04 Å². The Labute approximate surface area is 116 Å². The molecule has 19 heavy (non-hydrogen) atoms. The number of hydrogen-bond acceptors (Lipinski definition) is 3. The van der Waals surface area contributed by atoms with E-state index in [1.807, 2.05) is 0 Å². The molecule has 1 saturated carbocycles. The summed E-state index contributed by atoms with van der Waals surface area (Å²) in [4.78, 5) is 2.44. The van der Waals surface area contributed by atoms with Crippen molar-refractivity contribution >= 4 is 5.69 Å². The van der Waals surface area contributed by atoms with Crippen LogP contribution >= 0.6 is 0 Å². The minimum absolute atomic E-state index is 0.400. The molecule has 3 heteroatoms. The van der Waals surface area contributed by atoms with Crippen LogP contribution in [0.25, 0.3) is 0 Å². The van der Waals surface area contributed by atoms with Crippen LogP contribution in [0.1, 0.15) is 25.3 Å². The highest BCUT2D eigenvalue weighted by Crippen LogP contribution is 2.21. The molecule has 1 aliphatic rings. The predicted octanol–water partition coefficient (Wildman–Crippen LogP) is 2.59. The summed E-state index contributed by atoms with van der Waals surface area (Å²) >= 11 is 0. The van der Waals surface area contributed by atoms with Gasteiger partial charge in [-0.2, -0.15) is 0 Å². The summed E-state index contributed by atoms with van der Waals surface area (Å²) in [7, 11) is 1.79. The fourth-order valence-corrected chi connectivity index (χ4v) is 2.50. The summed E-state index contributed by atoms with van der Waals surface area (Å²) in [5.74, 6) is 0. The highest BCUT2D eigenvalue weighted by Gasteiger charge is 2.24. The zero-order valence-corrected chi connectivity index (χ0v) is 12.4. The zero-order chi connectivity index (χ0) is 13.7. The minimum Gasteiger partial charge on any atom is -0.383 e. The number of hydrogen-bond donors (Lipinski definition) is 1. The first-order valence-corrected chi connectivity index (χ1v) is 7.30. The Balaban J connectivity index is 2.05. The summed E-state index contributed by atoms with van der Waals surface area (Å²) in [6, 6.07) is 9.86. The number of methoxy groups -OCH3 is 1. The van der Waals surface area contributed by atoms with Gasteiger partial charge in [0.1, 0.15) is 0 Å².